The summed E-state index contributed by atoms with van der Waals surface area (Å²) in [5, 5.41) is 3.22. The van der Waals surface area contributed by atoms with Gasteiger partial charge in [-0.1, -0.05) is 26.7 Å². The van der Waals surface area contributed by atoms with Gasteiger partial charge in [0.15, 0.2) is 0 Å². The van der Waals surface area contributed by atoms with E-state index in [1.807, 2.05) is 0 Å². The maximum atomic E-state index is 12.5. The first kappa shape index (κ1) is 15.8. The second-order valence-corrected chi connectivity index (χ2v) is 6.95. The minimum absolute atomic E-state index is 0.0954. The van der Waals surface area contributed by atoms with Gasteiger partial charge in [-0.15, -0.1) is 0 Å². The van der Waals surface area contributed by atoms with Crippen LogP contribution < -0.4 is 11.1 Å². The van der Waals surface area contributed by atoms with E-state index >= 15 is 0 Å². The molecule has 1 saturated carbocycles. The Kier molecular flexibility index (Phi) is 5.44. The SMILES string of the molecule is CCCN1CCC(NC(=O)C2(N)CCCC(C)C2)CC1. The molecule has 1 heterocycles. The van der Waals surface area contributed by atoms with Crippen LogP contribution in [0.2, 0.25) is 0 Å². The average molecular weight is 281 g/mol. The summed E-state index contributed by atoms with van der Waals surface area (Å²) in [6.07, 6.45) is 7.32. The molecule has 0 radical (unpaired) electrons. The van der Waals surface area contributed by atoms with Crippen LogP contribution in [0.25, 0.3) is 0 Å². The van der Waals surface area contributed by atoms with Crippen molar-refractivity contribution in [1.82, 2.24) is 10.2 Å². The van der Waals surface area contributed by atoms with E-state index in [1.165, 1.54) is 19.4 Å². The first-order valence-electron chi connectivity index (χ1n) is 8.35. The highest BCUT2D eigenvalue weighted by atomic mass is 16.2. The Morgan fingerprint density at radius 2 is 2.05 bits per heavy atom. The van der Waals surface area contributed by atoms with E-state index < -0.39 is 5.54 Å². The van der Waals surface area contributed by atoms with Crippen molar-refractivity contribution >= 4 is 5.91 Å². The van der Waals surface area contributed by atoms with Crippen LogP contribution in [0.4, 0.5) is 0 Å². The van der Waals surface area contributed by atoms with Crippen molar-refractivity contribution in [3.8, 4) is 0 Å². The van der Waals surface area contributed by atoms with Crippen LogP contribution in [0, 0.1) is 5.92 Å². The first-order valence-corrected chi connectivity index (χ1v) is 8.35. The molecule has 20 heavy (non-hydrogen) atoms. The molecule has 3 N–H and O–H groups in total. The van der Waals surface area contributed by atoms with E-state index in [-0.39, 0.29) is 5.91 Å². The van der Waals surface area contributed by atoms with E-state index in [2.05, 4.69) is 24.1 Å². The molecule has 116 valence electrons. The van der Waals surface area contributed by atoms with Crippen LogP contribution in [-0.2, 0) is 4.79 Å². The van der Waals surface area contributed by atoms with Gasteiger partial charge in [0.25, 0.3) is 0 Å². The summed E-state index contributed by atoms with van der Waals surface area (Å²) >= 11 is 0. The van der Waals surface area contributed by atoms with Crippen molar-refractivity contribution in [3.63, 3.8) is 0 Å². The summed E-state index contributed by atoms with van der Waals surface area (Å²) in [5.41, 5.74) is 5.75. The molecule has 1 aliphatic carbocycles. The van der Waals surface area contributed by atoms with Crippen LogP contribution in [0.15, 0.2) is 0 Å². The number of rotatable bonds is 4. The lowest BCUT2D eigenvalue weighted by atomic mass is 9.76. The van der Waals surface area contributed by atoms with Crippen LogP contribution in [0.3, 0.4) is 0 Å². The number of nitrogens with two attached hydrogens (primary N) is 1. The molecular weight excluding hydrogens is 250 g/mol. The van der Waals surface area contributed by atoms with Crippen molar-refractivity contribution in [2.75, 3.05) is 19.6 Å². The zero-order chi connectivity index (χ0) is 14.6. The summed E-state index contributed by atoms with van der Waals surface area (Å²) in [7, 11) is 0. The molecule has 2 rings (SSSR count). The fourth-order valence-corrected chi connectivity index (χ4v) is 3.74. The molecule has 2 aliphatic rings. The second kappa shape index (κ2) is 6.90. The number of carbonyl (C=O) groups is 1. The van der Waals surface area contributed by atoms with Gasteiger partial charge < -0.3 is 16.0 Å². The Morgan fingerprint density at radius 3 is 2.65 bits per heavy atom. The van der Waals surface area contributed by atoms with Gasteiger partial charge in [-0.05, 0) is 44.6 Å². The van der Waals surface area contributed by atoms with Crippen molar-refractivity contribution in [1.29, 1.82) is 0 Å². The number of nitrogens with one attached hydrogen (secondary N) is 1. The Labute approximate surface area is 123 Å². The number of nitrogens with zero attached hydrogens (tertiary/aromatic N) is 1. The van der Waals surface area contributed by atoms with Gasteiger partial charge in [0.05, 0.1) is 5.54 Å². The minimum atomic E-state index is -0.613. The molecule has 0 aromatic rings. The van der Waals surface area contributed by atoms with Crippen LogP contribution in [-0.4, -0.2) is 42.0 Å². The summed E-state index contributed by atoms with van der Waals surface area (Å²) in [6, 6.07) is 0.327. The predicted octanol–water partition coefficient (Wildman–Crippen LogP) is 1.88. The quantitative estimate of drug-likeness (QED) is 0.827. The summed E-state index contributed by atoms with van der Waals surface area (Å²) in [6.45, 7) is 7.81. The third-order valence-corrected chi connectivity index (χ3v) is 4.95. The van der Waals surface area contributed by atoms with Crippen molar-refractivity contribution < 1.29 is 4.79 Å². The van der Waals surface area contributed by atoms with Crippen LogP contribution in [0.5, 0.6) is 0 Å². The maximum Gasteiger partial charge on any atom is 0.240 e. The Balaban J connectivity index is 1.80. The van der Waals surface area contributed by atoms with E-state index in [0.717, 1.165) is 45.2 Å². The molecule has 4 heteroatoms. The first-order chi connectivity index (χ1) is 9.53. The monoisotopic (exact) mass is 281 g/mol. The van der Waals surface area contributed by atoms with Gasteiger partial charge in [0, 0.05) is 19.1 Å². The fourth-order valence-electron chi connectivity index (χ4n) is 3.74. The highest BCUT2D eigenvalue weighted by molar-refractivity contribution is 5.86. The lowest BCUT2D eigenvalue weighted by Gasteiger charge is -2.38. The molecule has 1 saturated heterocycles. The molecule has 2 atom stereocenters. The highest BCUT2D eigenvalue weighted by Crippen LogP contribution is 2.30. The predicted molar refractivity (Wildman–Crippen MR) is 82.4 cm³/mol. The molecule has 4 nitrogen and oxygen atoms in total. The minimum Gasteiger partial charge on any atom is -0.352 e. The molecule has 1 amide bonds. The van der Waals surface area contributed by atoms with Gasteiger partial charge in [-0.3, -0.25) is 4.79 Å². The Hall–Kier alpha value is -0.610. The number of carbonyl (C=O) groups excluding carboxylic acids is 1. The van der Waals surface area contributed by atoms with Crippen LogP contribution >= 0.6 is 0 Å². The standard InChI is InChI=1S/C16H31N3O/c1-3-9-19-10-6-14(7-11-19)18-15(20)16(17)8-4-5-13(2)12-16/h13-14H,3-12,17H2,1-2H3,(H,18,20). The number of hydrogen-bond donors (Lipinski definition) is 2. The summed E-state index contributed by atoms with van der Waals surface area (Å²) in [5.74, 6) is 0.670. The largest absolute Gasteiger partial charge is 0.352 e. The van der Waals surface area contributed by atoms with Crippen molar-refractivity contribution in [2.24, 2.45) is 11.7 Å². The van der Waals surface area contributed by atoms with Gasteiger partial charge in [0.2, 0.25) is 5.91 Å². The molecule has 1 aliphatic heterocycles. The van der Waals surface area contributed by atoms with Gasteiger partial charge >= 0.3 is 0 Å². The highest BCUT2D eigenvalue weighted by Gasteiger charge is 2.38. The molecule has 0 spiro atoms. The maximum absolute atomic E-state index is 12.5. The van der Waals surface area contributed by atoms with Crippen LogP contribution in [0.1, 0.15) is 58.8 Å². The molecular formula is C16H31N3O. The Morgan fingerprint density at radius 1 is 1.35 bits per heavy atom. The van der Waals surface area contributed by atoms with E-state index in [9.17, 15) is 4.79 Å². The molecule has 0 aromatic heterocycles. The lowest BCUT2D eigenvalue weighted by molar-refractivity contribution is -0.129. The second-order valence-electron chi connectivity index (χ2n) is 6.95. The topological polar surface area (TPSA) is 58.4 Å². The van der Waals surface area contributed by atoms with Gasteiger partial charge in [0.1, 0.15) is 0 Å². The third kappa shape index (κ3) is 3.95. The van der Waals surface area contributed by atoms with E-state index in [0.29, 0.717) is 12.0 Å². The van der Waals surface area contributed by atoms with Crippen molar-refractivity contribution in [3.05, 3.63) is 0 Å². The molecule has 2 unspecified atom stereocenters. The normalized spacial score (nSPS) is 33.0. The fraction of sp³-hybridized carbons (Fsp3) is 0.938. The number of amides is 1. The number of likely N-dealkylation sites (tertiary alicyclic amines) is 1. The number of hydrogen-bond acceptors (Lipinski definition) is 3. The van der Waals surface area contributed by atoms with Crippen molar-refractivity contribution in [2.45, 2.75) is 70.4 Å². The zero-order valence-electron chi connectivity index (χ0n) is 13.2. The van der Waals surface area contributed by atoms with Gasteiger partial charge in [-0.25, -0.2) is 0 Å². The average Bonchev–Trinajstić information content (AvgIpc) is 2.41. The van der Waals surface area contributed by atoms with E-state index in [1.54, 1.807) is 0 Å². The third-order valence-electron chi connectivity index (χ3n) is 4.95. The zero-order valence-corrected chi connectivity index (χ0v) is 13.2. The summed E-state index contributed by atoms with van der Waals surface area (Å²) in [4.78, 5) is 15.0. The van der Waals surface area contributed by atoms with E-state index in [4.69, 9.17) is 5.73 Å². The van der Waals surface area contributed by atoms with Gasteiger partial charge in [-0.2, -0.15) is 0 Å². The smallest absolute Gasteiger partial charge is 0.240 e. The Bertz CT molecular complexity index is 326. The lowest BCUT2D eigenvalue weighted by Crippen LogP contribution is -2.59. The molecule has 0 aromatic carbocycles. The molecule has 2 fully saturated rings. The molecule has 0 bridgehead atoms. The summed E-state index contributed by atoms with van der Waals surface area (Å²) < 4.78 is 0. The number of piperidine rings is 1.